The second-order valence-electron chi connectivity index (χ2n) is 7.63. The summed E-state index contributed by atoms with van der Waals surface area (Å²) in [5.74, 6) is 4.41. The van der Waals surface area contributed by atoms with Gasteiger partial charge in [-0.3, -0.25) is 0 Å². The molecule has 154 valence electrons. The highest BCUT2D eigenvalue weighted by Gasteiger charge is 2.24. The molecule has 0 amide bonds. The van der Waals surface area contributed by atoms with Gasteiger partial charge in [-0.15, -0.1) is 0 Å². The molecular formula is C24H29INO2S+. The van der Waals surface area contributed by atoms with Gasteiger partial charge in [0, 0.05) is 12.5 Å². The van der Waals surface area contributed by atoms with Crippen LogP contribution in [0.1, 0.15) is 44.1 Å². The van der Waals surface area contributed by atoms with Gasteiger partial charge in [0.2, 0.25) is 13.6 Å². The topological polar surface area (TPSA) is 46.2 Å². The predicted molar refractivity (Wildman–Crippen MR) is 114 cm³/mol. The van der Waals surface area contributed by atoms with Crippen molar-refractivity contribution in [3.63, 3.8) is 0 Å². The minimum absolute atomic E-state index is 0.277. The van der Waals surface area contributed by atoms with Crippen LogP contribution in [0.5, 0.6) is 0 Å². The van der Waals surface area contributed by atoms with Gasteiger partial charge in [-0.05, 0) is 62.3 Å². The highest BCUT2D eigenvalue weighted by molar-refractivity contribution is 7.89. The SMILES string of the molecule is Cc1ccc(S(=O)(=O)NCCC(C#C[I+]c2ccccc2)C2CCCCC2)cc1. The van der Waals surface area contributed by atoms with Gasteiger partial charge in [-0.1, -0.05) is 55.2 Å². The third kappa shape index (κ3) is 7.13. The number of nitrogens with one attached hydrogen (secondary N) is 1. The summed E-state index contributed by atoms with van der Waals surface area (Å²) in [6.07, 6.45) is 7.06. The van der Waals surface area contributed by atoms with E-state index >= 15 is 0 Å². The third-order valence-electron chi connectivity index (χ3n) is 5.43. The van der Waals surface area contributed by atoms with Crippen molar-refractivity contribution >= 4 is 10.0 Å². The summed E-state index contributed by atoms with van der Waals surface area (Å²) in [4.78, 5) is 0.332. The number of sulfonamides is 1. The molecule has 1 unspecified atom stereocenters. The van der Waals surface area contributed by atoms with Gasteiger partial charge in [0.25, 0.3) is 0 Å². The van der Waals surface area contributed by atoms with Gasteiger partial charge in [0.15, 0.2) is 3.93 Å². The van der Waals surface area contributed by atoms with Gasteiger partial charge in [0.05, 0.1) is 4.90 Å². The Bertz CT molecular complexity index is 924. The Kier molecular flexibility index (Phi) is 8.58. The lowest BCUT2D eigenvalue weighted by Crippen LogP contribution is -3.59. The van der Waals surface area contributed by atoms with Crippen LogP contribution in [0.25, 0.3) is 0 Å². The minimum atomic E-state index is -3.46. The Labute approximate surface area is 186 Å². The van der Waals surface area contributed by atoms with Crippen LogP contribution in [-0.4, -0.2) is 15.0 Å². The third-order valence-corrected chi connectivity index (χ3v) is 8.83. The maximum absolute atomic E-state index is 12.6. The van der Waals surface area contributed by atoms with Crippen molar-refractivity contribution in [1.29, 1.82) is 0 Å². The van der Waals surface area contributed by atoms with Crippen LogP contribution in [0.2, 0.25) is 0 Å². The Balaban J connectivity index is 1.61. The van der Waals surface area contributed by atoms with Crippen LogP contribution >= 0.6 is 0 Å². The first-order valence-corrected chi connectivity index (χ1v) is 13.9. The van der Waals surface area contributed by atoms with E-state index in [0.29, 0.717) is 17.4 Å². The molecule has 5 heteroatoms. The van der Waals surface area contributed by atoms with E-state index in [2.05, 4.69) is 38.8 Å². The molecule has 3 rings (SSSR count). The molecule has 1 atom stereocenters. The van der Waals surface area contributed by atoms with E-state index in [-0.39, 0.29) is 27.1 Å². The van der Waals surface area contributed by atoms with E-state index in [1.807, 2.05) is 25.1 Å². The van der Waals surface area contributed by atoms with Crippen LogP contribution in [0.15, 0.2) is 59.5 Å². The Morgan fingerprint density at radius 3 is 2.41 bits per heavy atom. The Morgan fingerprint density at radius 2 is 1.72 bits per heavy atom. The number of hydrogen-bond donors (Lipinski definition) is 1. The fraction of sp³-hybridized carbons (Fsp3) is 0.417. The molecule has 0 heterocycles. The molecule has 0 aliphatic heterocycles. The largest absolute Gasteiger partial charge is 0.419 e. The molecular weight excluding hydrogens is 493 g/mol. The molecule has 29 heavy (non-hydrogen) atoms. The molecule has 1 saturated carbocycles. The van der Waals surface area contributed by atoms with Crippen molar-refractivity contribution < 1.29 is 29.6 Å². The zero-order valence-electron chi connectivity index (χ0n) is 16.9. The van der Waals surface area contributed by atoms with E-state index in [9.17, 15) is 8.42 Å². The zero-order chi connectivity index (χ0) is 20.5. The van der Waals surface area contributed by atoms with Crippen LogP contribution in [-0.2, 0) is 10.0 Å². The summed E-state index contributed by atoms with van der Waals surface area (Å²) in [5, 5.41) is 0. The van der Waals surface area contributed by atoms with E-state index < -0.39 is 10.0 Å². The first-order valence-electron chi connectivity index (χ1n) is 10.3. The maximum Gasteiger partial charge on any atom is 0.419 e. The van der Waals surface area contributed by atoms with Gasteiger partial charge in [-0.25, -0.2) is 13.1 Å². The van der Waals surface area contributed by atoms with Crippen LogP contribution in [0.3, 0.4) is 0 Å². The maximum atomic E-state index is 12.6. The van der Waals surface area contributed by atoms with Crippen molar-refractivity contribution in [2.24, 2.45) is 11.8 Å². The highest BCUT2D eigenvalue weighted by atomic mass is 127. The van der Waals surface area contributed by atoms with Gasteiger partial charge >= 0.3 is 21.2 Å². The van der Waals surface area contributed by atoms with Crippen molar-refractivity contribution in [2.45, 2.75) is 50.3 Å². The quantitative estimate of drug-likeness (QED) is 0.446. The molecule has 1 fully saturated rings. The first-order chi connectivity index (χ1) is 14.0. The average Bonchev–Trinajstić information content (AvgIpc) is 2.74. The molecule has 0 aromatic heterocycles. The molecule has 2 aromatic carbocycles. The molecule has 1 aliphatic rings. The fourth-order valence-electron chi connectivity index (χ4n) is 3.74. The fourth-order valence-corrected chi connectivity index (χ4v) is 6.43. The highest BCUT2D eigenvalue weighted by Crippen LogP contribution is 2.31. The Hall–Kier alpha value is -1.36. The van der Waals surface area contributed by atoms with Crippen molar-refractivity contribution in [2.75, 3.05) is 6.54 Å². The van der Waals surface area contributed by atoms with E-state index in [1.165, 1.54) is 35.7 Å². The summed E-state index contributed by atoms with van der Waals surface area (Å²) in [5.41, 5.74) is 1.05. The molecule has 0 spiro atoms. The lowest BCUT2D eigenvalue weighted by atomic mass is 9.79. The van der Waals surface area contributed by atoms with E-state index in [0.717, 1.165) is 12.0 Å². The molecule has 0 bridgehead atoms. The molecule has 2 aromatic rings. The first kappa shape index (κ1) is 22.3. The number of rotatable bonds is 7. The van der Waals surface area contributed by atoms with Gasteiger partial charge in [0.1, 0.15) is 0 Å². The number of halogens is 1. The van der Waals surface area contributed by atoms with Gasteiger partial charge < -0.3 is 0 Å². The lowest BCUT2D eigenvalue weighted by molar-refractivity contribution is -0.535. The molecule has 1 N–H and O–H groups in total. The summed E-state index contributed by atoms with van der Waals surface area (Å²) in [7, 11) is -3.46. The minimum Gasteiger partial charge on any atom is -0.211 e. The second kappa shape index (κ2) is 11.1. The monoisotopic (exact) mass is 522 g/mol. The molecule has 1 aliphatic carbocycles. The van der Waals surface area contributed by atoms with Gasteiger partial charge in [-0.2, -0.15) is 0 Å². The van der Waals surface area contributed by atoms with E-state index in [1.54, 1.807) is 12.1 Å². The van der Waals surface area contributed by atoms with Crippen molar-refractivity contribution in [3.05, 3.63) is 63.7 Å². The van der Waals surface area contributed by atoms with E-state index in [4.69, 9.17) is 0 Å². The van der Waals surface area contributed by atoms with Crippen LogP contribution in [0, 0.1) is 32.2 Å². The number of aryl methyl sites for hydroxylation is 1. The summed E-state index contributed by atoms with van der Waals surface area (Å²) >= 11 is -0.308. The molecule has 3 nitrogen and oxygen atoms in total. The van der Waals surface area contributed by atoms with Crippen LogP contribution < -0.4 is 25.9 Å². The second-order valence-corrected chi connectivity index (χ2v) is 11.7. The zero-order valence-corrected chi connectivity index (χ0v) is 19.9. The molecule has 0 radical (unpaired) electrons. The summed E-state index contributed by atoms with van der Waals surface area (Å²) in [6.45, 7) is 2.39. The van der Waals surface area contributed by atoms with Crippen LogP contribution in [0.4, 0.5) is 0 Å². The Morgan fingerprint density at radius 1 is 1.03 bits per heavy atom. The average molecular weight is 522 g/mol. The normalized spacial score (nSPS) is 16.0. The standard InChI is InChI=1S/C24H29INO2S/c1-20-12-14-24(15-13-20)29(27,28)26-19-17-22(21-8-4-2-5-9-21)16-18-25-23-10-6-3-7-11-23/h3,6-7,10-15,21-22,26H,2,4-5,8-9,17,19H2,1H3/q+1. The van der Waals surface area contributed by atoms with Crippen molar-refractivity contribution in [1.82, 2.24) is 4.72 Å². The lowest BCUT2D eigenvalue weighted by Gasteiger charge is -2.26. The number of hydrogen-bond acceptors (Lipinski definition) is 2. The smallest absolute Gasteiger partial charge is 0.211 e. The number of benzene rings is 2. The van der Waals surface area contributed by atoms with Crippen molar-refractivity contribution in [3.8, 4) is 9.85 Å². The predicted octanol–water partition coefficient (Wildman–Crippen LogP) is 1.78. The molecule has 0 saturated heterocycles. The summed E-state index contributed by atoms with van der Waals surface area (Å²) in [6, 6.07) is 17.5. The summed E-state index contributed by atoms with van der Waals surface area (Å²) < 4.78 is 32.7.